The Balaban J connectivity index is 1.17. The molecule has 0 unspecified atom stereocenters. The van der Waals surface area contributed by atoms with Crippen LogP contribution in [0.4, 0.5) is 28.4 Å². The van der Waals surface area contributed by atoms with Crippen molar-refractivity contribution in [3.8, 4) is 11.1 Å². The average molecular weight is 647 g/mol. The lowest BCUT2D eigenvalue weighted by Gasteiger charge is -2.28. The van der Waals surface area contributed by atoms with Gasteiger partial charge in [0.1, 0.15) is 0 Å². The molecule has 0 atom stereocenters. The van der Waals surface area contributed by atoms with E-state index in [0.29, 0.717) is 0 Å². The van der Waals surface area contributed by atoms with E-state index in [1.807, 2.05) is 19.1 Å². The quantitative estimate of drug-likeness (QED) is 0.108. The van der Waals surface area contributed by atoms with Crippen LogP contribution in [-0.4, -0.2) is 0 Å². The third-order valence-corrected chi connectivity index (χ3v) is 9.53. The molecule has 0 saturated carbocycles. The molecule has 0 aromatic heterocycles. The second-order valence-electron chi connectivity index (χ2n) is 13.1. The highest BCUT2D eigenvalue weighted by molar-refractivity contribution is 5.86. The van der Waals surface area contributed by atoms with E-state index in [4.69, 9.17) is 0 Å². The van der Waals surface area contributed by atoms with Crippen molar-refractivity contribution in [2.45, 2.75) is 26.2 Å². The number of allylic oxidation sites excluding steroid dienone is 4. The maximum atomic E-state index is 4.15. The van der Waals surface area contributed by atoms with Gasteiger partial charge in [0, 0.05) is 39.5 Å². The molecule has 0 amide bonds. The Kier molecular flexibility index (Phi) is 9.18. The SMILES string of the molecule is C=CC(=CC=CC)N(c1ccccc1)c1ccc2c(c1)C(C)(C)c1cc(C=Cc3ccc(N(c4ccccc4)c4ccccc4)cc3)ccc1-2. The molecule has 6 aromatic carbocycles. The van der Waals surface area contributed by atoms with E-state index < -0.39 is 0 Å². The number of para-hydroxylation sites is 3. The van der Waals surface area contributed by atoms with Gasteiger partial charge in [-0.15, -0.1) is 0 Å². The van der Waals surface area contributed by atoms with Gasteiger partial charge in [-0.3, -0.25) is 0 Å². The predicted molar refractivity (Wildman–Crippen MR) is 216 cm³/mol. The van der Waals surface area contributed by atoms with Crippen LogP contribution in [-0.2, 0) is 5.41 Å². The summed E-state index contributed by atoms with van der Waals surface area (Å²) >= 11 is 0. The number of rotatable bonds is 10. The molecule has 0 heterocycles. The second-order valence-corrected chi connectivity index (χ2v) is 13.1. The van der Waals surface area contributed by atoms with Crippen LogP contribution in [0.15, 0.2) is 188 Å². The standard InChI is InChI=1S/C48H42N2/c1-5-7-17-38(6-2)49(39-18-11-8-12-19-39)43-31-33-45-44-32-28-37(34-46(44)48(3,4)47(45)35-43)25-24-36-26-29-42(30-27-36)50(40-20-13-9-14-21-40)41-22-15-10-16-23-41/h5-35H,2H2,1,3-4H3. The van der Waals surface area contributed by atoms with Gasteiger partial charge in [0.05, 0.1) is 0 Å². The van der Waals surface area contributed by atoms with Crippen LogP contribution in [0.3, 0.4) is 0 Å². The number of fused-ring (bicyclic) bond motifs is 3. The fraction of sp³-hybridized carbons (Fsp3) is 0.0833. The van der Waals surface area contributed by atoms with Gasteiger partial charge in [0.15, 0.2) is 0 Å². The topological polar surface area (TPSA) is 6.48 Å². The first-order chi connectivity index (χ1) is 24.5. The zero-order chi connectivity index (χ0) is 34.5. The lowest BCUT2D eigenvalue weighted by atomic mass is 9.81. The van der Waals surface area contributed by atoms with Crippen molar-refractivity contribution in [1.29, 1.82) is 0 Å². The number of anilines is 5. The molecule has 0 N–H and O–H groups in total. The maximum absolute atomic E-state index is 4.15. The third kappa shape index (κ3) is 6.36. The van der Waals surface area contributed by atoms with Crippen molar-refractivity contribution in [1.82, 2.24) is 0 Å². The van der Waals surface area contributed by atoms with Crippen molar-refractivity contribution < 1.29 is 0 Å². The minimum atomic E-state index is -0.158. The van der Waals surface area contributed by atoms with E-state index in [1.165, 1.54) is 27.8 Å². The molecule has 1 aliphatic carbocycles. The summed E-state index contributed by atoms with van der Waals surface area (Å²) in [5, 5.41) is 0. The van der Waals surface area contributed by atoms with Crippen LogP contribution in [0.5, 0.6) is 0 Å². The zero-order valence-corrected chi connectivity index (χ0v) is 29.0. The molecule has 1 aliphatic rings. The molecule has 0 spiro atoms. The normalized spacial score (nSPS) is 13.3. The molecular weight excluding hydrogens is 605 g/mol. The summed E-state index contributed by atoms with van der Waals surface area (Å²) in [4.78, 5) is 4.57. The largest absolute Gasteiger partial charge is 0.311 e. The lowest BCUT2D eigenvalue weighted by molar-refractivity contribution is 0.660. The van der Waals surface area contributed by atoms with Crippen LogP contribution < -0.4 is 9.80 Å². The maximum Gasteiger partial charge on any atom is 0.0465 e. The van der Waals surface area contributed by atoms with Crippen molar-refractivity contribution in [2.75, 3.05) is 9.80 Å². The smallest absolute Gasteiger partial charge is 0.0465 e. The number of hydrogen-bond acceptors (Lipinski definition) is 2. The van der Waals surface area contributed by atoms with Gasteiger partial charge >= 0.3 is 0 Å². The van der Waals surface area contributed by atoms with Crippen molar-refractivity contribution >= 4 is 40.6 Å². The summed E-state index contributed by atoms with van der Waals surface area (Å²) in [6.45, 7) is 10.9. The van der Waals surface area contributed by atoms with Crippen molar-refractivity contribution in [2.24, 2.45) is 0 Å². The highest BCUT2D eigenvalue weighted by Crippen LogP contribution is 2.50. The monoisotopic (exact) mass is 646 g/mol. The van der Waals surface area contributed by atoms with Gasteiger partial charge < -0.3 is 9.80 Å². The molecule has 0 bridgehead atoms. The van der Waals surface area contributed by atoms with Gasteiger partial charge in [-0.2, -0.15) is 0 Å². The van der Waals surface area contributed by atoms with E-state index in [0.717, 1.165) is 39.7 Å². The average Bonchev–Trinajstić information content (AvgIpc) is 3.39. The molecule has 2 heteroatoms. The molecular formula is C48H42N2. The van der Waals surface area contributed by atoms with Crippen molar-refractivity contribution in [3.05, 3.63) is 210 Å². The van der Waals surface area contributed by atoms with Crippen LogP contribution in [0, 0.1) is 0 Å². The minimum Gasteiger partial charge on any atom is -0.311 e. The van der Waals surface area contributed by atoms with Gasteiger partial charge in [0.2, 0.25) is 0 Å². The van der Waals surface area contributed by atoms with Gasteiger partial charge in [0.25, 0.3) is 0 Å². The summed E-state index contributed by atoms with van der Waals surface area (Å²) in [5.41, 5.74) is 14.1. The van der Waals surface area contributed by atoms with E-state index >= 15 is 0 Å². The van der Waals surface area contributed by atoms with Crippen LogP contribution in [0.2, 0.25) is 0 Å². The summed E-state index contributed by atoms with van der Waals surface area (Å²) in [7, 11) is 0. The molecule has 0 aliphatic heterocycles. The van der Waals surface area contributed by atoms with E-state index in [-0.39, 0.29) is 5.41 Å². The Labute approximate surface area is 297 Å². The molecule has 0 radical (unpaired) electrons. The molecule has 0 fully saturated rings. The molecule has 0 saturated heterocycles. The summed E-state index contributed by atoms with van der Waals surface area (Å²) in [5.74, 6) is 0. The first-order valence-corrected chi connectivity index (χ1v) is 17.3. The van der Waals surface area contributed by atoms with Crippen LogP contribution >= 0.6 is 0 Å². The highest BCUT2D eigenvalue weighted by Gasteiger charge is 2.36. The van der Waals surface area contributed by atoms with Gasteiger partial charge in [-0.1, -0.05) is 136 Å². The Bertz CT molecular complexity index is 2150. The van der Waals surface area contributed by atoms with Crippen LogP contribution in [0.25, 0.3) is 23.3 Å². The highest BCUT2D eigenvalue weighted by atomic mass is 15.1. The number of benzene rings is 6. The molecule has 50 heavy (non-hydrogen) atoms. The Morgan fingerprint density at radius 1 is 0.540 bits per heavy atom. The summed E-state index contributed by atoms with van der Waals surface area (Å²) in [6.07, 6.45) is 12.6. The molecule has 2 nitrogen and oxygen atoms in total. The first-order valence-electron chi connectivity index (χ1n) is 17.3. The fourth-order valence-corrected chi connectivity index (χ4v) is 6.97. The Hall–Kier alpha value is -6.12. The number of hydrogen-bond donors (Lipinski definition) is 0. The minimum absolute atomic E-state index is 0.158. The van der Waals surface area contributed by atoms with Gasteiger partial charge in [-0.05, 0) is 113 Å². The molecule has 6 aromatic rings. The second kappa shape index (κ2) is 14.2. The van der Waals surface area contributed by atoms with E-state index in [9.17, 15) is 0 Å². The fourth-order valence-electron chi connectivity index (χ4n) is 6.97. The summed E-state index contributed by atoms with van der Waals surface area (Å²) in [6, 6.07) is 54.1. The van der Waals surface area contributed by atoms with Crippen LogP contribution in [0.1, 0.15) is 43.0 Å². The summed E-state index contributed by atoms with van der Waals surface area (Å²) < 4.78 is 0. The third-order valence-electron chi connectivity index (χ3n) is 9.53. The zero-order valence-electron chi connectivity index (χ0n) is 29.0. The molecule has 7 rings (SSSR count). The predicted octanol–water partition coefficient (Wildman–Crippen LogP) is 13.4. The Morgan fingerprint density at radius 3 is 1.60 bits per heavy atom. The van der Waals surface area contributed by atoms with E-state index in [2.05, 4.69) is 206 Å². The van der Waals surface area contributed by atoms with E-state index in [1.54, 1.807) is 0 Å². The number of nitrogens with zero attached hydrogens (tertiary/aromatic N) is 2. The van der Waals surface area contributed by atoms with Gasteiger partial charge in [-0.25, -0.2) is 0 Å². The van der Waals surface area contributed by atoms with Crippen molar-refractivity contribution in [3.63, 3.8) is 0 Å². The molecule has 244 valence electrons. The Morgan fingerprint density at radius 2 is 1.02 bits per heavy atom. The first kappa shape index (κ1) is 32.4. The lowest BCUT2D eigenvalue weighted by Crippen LogP contribution is -2.18.